The Morgan fingerprint density at radius 1 is 1.29 bits per heavy atom. The fourth-order valence-electron chi connectivity index (χ4n) is 2.78. The topological polar surface area (TPSA) is 69.6 Å². The van der Waals surface area contributed by atoms with E-state index in [1.807, 2.05) is 0 Å². The molecule has 0 aromatic heterocycles. The molecule has 0 radical (unpaired) electrons. The first-order valence-electron chi connectivity index (χ1n) is 8.15. The number of carbonyl (C=O) groups is 2. The standard InChI is InChI=1S/C16H30N2O3/c1-4-5-6-7-10-17-15(21)18-11-8-9-13(12-18)16(2,3)14(19)20/h13H,4-12H2,1-3H3,(H,17,21)(H,19,20). The molecule has 5 heteroatoms. The average Bonchev–Trinajstić information content (AvgIpc) is 2.46. The Morgan fingerprint density at radius 3 is 2.62 bits per heavy atom. The van der Waals surface area contributed by atoms with E-state index in [0.717, 1.165) is 32.2 Å². The number of nitrogens with one attached hydrogen (secondary N) is 1. The molecule has 2 amide bonds. The highest BCUT2D eigenvalue weighted by Crippen LogP contribution is 2.34. The van der Waals surface area contributed by atoms with Gasteiger partial charge < -0.3 is 15.3 Å². The van der Waals surface area contributed by atoms with Gasteiger partial charge in [0.15, 0.2) is 0 Å². The monoisotopic (exact) mass is 298 g/mol. The number of carbonyl (C=O) groups excluding carboxylic acids is 1. The lowest BCUT2D eigenvalue weighted by molar-refractivity contribution is -0.151. The Kier molecular flexibility index (Phi) is 6.99. The smallest absolute Gasteiger partial charge is 0.317 e. The van der Waals surface area contributed by atoms with Gasteiger partial charge in [0, 0.05) is 19.6 Å². The lowest BCUT2D eigenvalue weighted by Gasteiger charge is -2.39. The summed E-state index contributed by atoms with van der Waals surface area (Å²) in [4.78, 5) is 25.3. The predicted molar refractivity (Wildman–Crippen MR) is 83.3 cm³/mol. The van der Waals surface area contributed by atoms with Crippen molar-refractivity contribution in [2.75, 3.05) is 19.6 Å². The van der Waals surface area contributed by atoms with Crippen molar-refractivity contribution < 1.29 is 14.7 Å². The van der Waals surface area contributed by atoms with Gasteiger partial charge in [-0.3, -0.25) is 4.79 Å². The second kappa shape index (κ2) is 8.25. The molecule has 0 aromatic rings. The zero-order chi connectivity index (χ0) is 15.9. The van der Waals surface area contributed by atoms with E-state index >= 15 is 0 Å². The first kappa shape index (κ1) is 17.8. The minimum absolute atomic E-state index is 0.0228. The first-order valence-corrected chi connectivity index (χ1v) is 8.15. The van der Waals surface area contributed by atoms with E-state index in [1.54, 1.807) is 18.7 Å². The maximum atomic E-state index is 12.1. The SMILES string of the molecule is CCCCCCNC(=O)N1CCCC(C(C)(C)C(=O)O)C1. The van der Waals surface area contributed by atoms with Crippen molar-refractivity contribution in [1.29, 1.82) is 0 Å². The minimum Gasteiger partial charge on any atom is -0.481 e. The quantitative estimate of drug-likeness (QED) is 0.710. The number of unbranched alkanes of at least 4 members (excludes halogenated alkanes) is 3. The van der Waals surface area contributed by atoms with Crippen molar-refractivity contribution in [3.8, 4) is 0 Å². The summed E-state index contributed by atoms with van der Waals surface area (Å²) in [6.45, 7) is 7.66. The summed E-state index contributed by atoms with van der Waals surface area (Å²) in [6, 6.07) is -0.0441. The van der Waals surface area contributed by atoms with E-state index in [4.69, 9.17) is 0 Å². The molecule has 1 aliphatic heterocycles. The number of piperidine rings is 1. The number of carboxylic acid groups (broad SMARTS) is 1. The Hall–Kier alpha value is -1.26. The zero-order valence-electron chi connectivity index (χ0n) is 13.7. The highest BCUT2D eigenvalue weighted by atomic mass is 16.4. The van der Waals surface area contributed by atoms with Crippen molar-refractivity contribution in [1.82, 2.24) is 10.2 Å². The van der Waals surface area contributed by atoms with Crippen LogP contribution in [0.3, 0.4) is 0 Å². The fourth-order valence-corrected chi connectivity index (χ4v) is 2.78. The Balaban J connectivity index is 2.41. The number of hydrogen-bond donors (Lipinski definition) is 2. The van der Waals surface area contributed by atoms with E-state index in [0.29, 0.717) is 13.1 Å². The maximum absolute atomic E-state index is 12.1. The van der Waals surface area contributed by atoms with E-state index < -0.39 is 11.4 Å². The molecule has 0 bridgehead atoms. The minimum atomic E-state index is -0.783. The van der Waals surface area contributed by atoms with Gasteiger partial charge in [0.05, 0.1) is 5.41 Å². The van der Waals surface area contributed by atoms with Crippen molar-refractivity contribution in [3.05, 3.63) is 0 Å². The molecule has 1 saturated heterocycles. The lowest BCUT2D eigenvalue weighted by atomic mass is 9.74. The number of aliphatic carboxylic acids is 1. The van der Waals surface area contributed by atoms with Gasteiger partial charge in [0.2, 0.25) is 0 Å². The number of urea groups is 1. The van der Waals surface area contributed by atoms with Crippen LogP contribution in [0.15, 0.2) is 0 Å². The molecule has 1 fully saturated rings. The van der Waals surface area contributed by atoms with E-state index in [9.17, 15) is 14.7 Å². The van der Waals surface area contributed by atoms with Crippen LogP contribution in [0, 0.1) is 11.3 Å². The highest BCUT2D eigenvalue weighted by Gasteiger charge is 2.39. The molecule has 1 heterocycles. The third-order valence-corrected chi connectivity index (χ3v) is 4.59. The summed E-state index contributed by atoms with van der Waals surface area (Å²) in [6.07, 6.45) is 6.30. The predicted octanol–water partition coefficient (Wildman–Crippen LogP) is 3.10. The van der Waals surface area contributed by atoms with Gasteiger partial charge in [-0.25, -0.2) is 4.79 Å². The number of hydrogen-bond acceptors (Lipinski definition) is 2. The van der Waals surface area contributed by atoms with Crippen LogP contribution in [-0.4, -0.2) is 41.6 Å². The number of rotatable bonds is 7. The average molecular weight is 298 g/mol. The summed E-state index contributed by atoms with van der Waals surface area (Å²) >= 11 is 0. The molecule has 0 spiro atoms. The summed E-state index contributed by atoms with van der Waals surface area (Å²) in [5.74, 6) is -0.760. The van der Waals surface area contributed by atoms with Crippen molar-refractivity contribution in [2.45, 2.75) is 59.3 Å². The van der Waals surface area contributed by atoms with Crippen molar-refractivity contribution in [3.63, 3.8) is 0 Å². The number of amides is 2. The molecule has 0 saturated carbocycles. The van der Waals surface area contributed by atoms with Crippen LogP contribution >= 0.6 is 0 Å². The van der Waals surface area contributed by atoms with Crippen LogP contribution in [0.2, 0.25) is 0 Å². The second-order valence-corrected chi connectivity index (χ2v) is 6.60. The highest BCUT2D eigenvalue weighted by molar-refractivity contribution is 5.76. The molecular weight excluding hydrogens is 268 g/mol. The van der Waals surface area contributed by atoms with Crippen LogP contribution in [0.1, 0.15) is 59.3 Å². The van der Waals surface area contributed by atoms with E-state index in [-0.39, 0.29) is 11.9 Å². The summed E-state index contributed by atoms with van der Waals surface area (Å²) in [5.41, 5.74) is -0.778. The van der Waals surface area contributed by atoms with Crippen LogP contribution in [0.4, 0.5) is 4.79 Å². The molecule has 0 aromatic carbocycles. The van der Waals surface area contributed by atoms with Crippen molar-refractivity contribution in [2.24, 2.45) is 11.3 Å². The van der Waals surface area contributed by atoms with Gasteiger partial charge in [0.25, 0.3) is 0 Å². The van der Waals surface area contributed by atoms with E-state index in [2.05, 4.69) is 12.2 Å². The molecule has 2 N–H and O–H groups in total. The first-order chi connectivity index (χ1) is 9.89. The summed E-state index contributed by atoms with van der Waals surface area (Å²) < 4.78 is 0. The summed E-state index contributed by atoms with van der Waals surface area (Å²) in [5, 5.41) is 12.3. The van der Waals surface area contributed by atoms with Gasteiger partial charge >= 0.3 is 12.0 Å². The van der Waals surface area contributed by atoms with Gasteiger partial charge in [-0.15, -0.1) is 0 Å². The normalized spacial score (nSPS) is 19.4. The largest absolute Gasteiger partial charge is 0.481 e. The molecule has 5 nitrogen and oxygen atoms in total. The van der Waals surface area contributed by atoms with Crippen molar-refractivity contribution >= 4 is 12.0 Å². The third kappa shape index (κ3) is 5.21. The van der Waals surface area contributed by atoms with Gasteiger partial charge in [0.1, 0.15) is 0 Å². The second-order valence-electron chi connectivity index (χ2n) is 6.60. The van der Waals surface area contributed by atoms with E-state index in [1.165, 1.54) is 12.8 Å². The van der Waals surface area contributed by atoms with Crippen LogP contribution < -0.4 is 5.32 Å². The molecule has 1 aliphatic rings. The van der Waals surface area contributed by atoms with Crippen LogP contribution in [0.25, 0.3) is 0 Å². The molecule has 1 atom stereocenters. The van der Waals surface area contributed by atoms with Gasteiger partial charge in [-0.1, -0.05) is 26.2 Å². The van der Waals surface area contributed by atoms with Gasteiger partial charge in [-0.05, 0) is 39.0 Å². The Labute approximate surface area is 128 Å². The molecule has 1 unspecified atom stereocenters. The van der Waals surface area contributed by atoms with Gasteiger partial charge in [-0.2, -0.15) is 0 Å². The summed E-state index contributed by atoms with van der Waals surface area (Å²) in [7, 11) is 0. The lowest BCUT2D eigenvalue weighted by Crippen LogP contribution is -2.50. The molecular formula is C16H30N2O3. The molecule has 1 rings (SSSR count). The molecule has 21 heavy (non-hydrogen) atoms. The Morgan fingerprint density at radius 2 is 2.00 bits per heavy atom. The van der Waals surface area contributed by atoms with Crippen LogP contribution in [-0.2, 0) is 4.79 Å². The molecule has 0 aliphatic carbocycles. The number of carboxylic acids is 1. The molecule has 122 valence electrons. The fraction of sp³-hybridized carbons (Fsp3) is 0.875. The van der Waals surface area contributed by atoms with Crippen LogP contribution in [0.5, 0.6) is 0 Å². The number of likely N-dealkylation sites (tertiary alicyclic amines) is 1. The number of nitrogens with zero attached hydrogens (tertiary/aromatic N) is 1. The zero-order valence-corrected chi connectivity index (χ0v) is 13.7. The Bertz CT molecular complexity index is 355. The third-order valence-electron chi connectivity index (χ3n) is 4.59. The maximum Gasteiger partial charge on any atom is 0.317 e.